The second kappa shape index (κ2) is 21.9. The minimum atomic E-state index is -1.58. The predicted molar refractivity (Wildman–Crippen MR) is 264 cm³/mol. The Bertz CT molecular complexity index is 1980. The van der Waals surface area contributed by atoms with Crippen LogP contribution in [0.2, 0.25) is 0 Å². The highest BCUT2D eigenvalue weighted by molar-refractivity contribution is 6.48. The lowest BCUT2D eigenvalue weighted by Gasteiger charge is -2.35. The predicted octanol–water partition coefficient (Wildman–Crippen LogP) is 4.65. The molecule has 0 spiro atoms. The summed E-state index contributed by atoms with van der Waals surface area (Å²) in [6.07, 6.45) is 2.76. The van der Waals surface area contributed by atoms with Gasteiger partial charge in [-0.1, -0.05) is 41.5 Å². The number of nitrogens with one attached hydrogen (secondary N) is 5. The van der Waals surface area contributed by atoms with Crippen LogP contribution in [0.15, 0.2) is 0 Å². The molecule has 2 heterocycles. The number of hydrogen-bond acceptors (Lipinski definition) is 13. The Kier molecular flexibility index (Phi) is 17.8. The van der Waals surface area contributed by atoms with Crippen LogP contribution < -0.4 is 26.6 Å². The average molecular weight is 1000 g/mol. The molecular formula is C51H85BN6O13. The number of carbonyl (C=O) groups is 8. The van der Waals surface area contributed by atoms with Gasteiger partial charge in [-0.15, -0.1) is 0 Å². The fourth-order valence-corrected chi connectivity index (χ4v) is 11.0. The van der Waals surface area contributed by atoms with Crippen LogP contribution in [0.4, 0.5) is 4.79 Å². The quantitative estimate of drug-likeness (QED) is 0.0673. The van der Waals surface area contributed by atoms with E-state index >= 15 is 0 Å². The Morgan fingerprint density at radius 1 is 0.662 bits per heavy atom. The van der Waals surface area contributed by atoms with Crippen molar-refractivity contribution < 1.29 is 61.9 Å². The molecule has 19 nitrogen and oxygen atoms in total. The molecule has 0 aromatic rings. The van der Waals surface area contributed by atoms with E-state index in [1.54, 1.807) is 90.0 Å². The fourth-order valence-electron chi connectivity index (χ4n) is 11.0. The number of rotatable bonds is 19. The molecule has 2 bridgehead atoms. The van der Waals surface area contributed by atoms with Gasteiger partial charge >= 0.3 is 25.2 Å². The molecule has 3 unspecified atom stereocenters. The number of hydrogen-bond donors (Lipinski definition) is 5. The molecule has 3 saturated carbocycles. The van der Waals surface area contributed by atoms with Crippen molar-refractivity contribution in [2.24, 2.45) is 35.0 Å². The maximum atomic E-state index is 14.5. The number of amides is 6. The molecular weight excluding hydrogens is 915 g/mol. The van der Waals surface area contributed by atoms with Crippen LogP contribution in [0.5, 0.6) is 0 Å². The van der Waals surface area contributed by atoms with Gasteiger partial charge in [0, 0.05) is 13.0 Å². The summed E-state index contributed by atoms with van der Waals surface area (Å²) in [6.45, 7) is 28.8. The Balaban J connectivity index is 1.29. The van der Waals surface area contributed by atoms with E-state index in [-0.39, 0.29) is 42.1 Å². The van der Waals surface area contributed by atoms with Crippen LogP contribution >= 0.6 is 0 Å². The lowest BCUT2D eigenvalue weighted by Crippen LogP contribution is -2.61. The molecule has 400 valence electrons. The molecule has 0 radical (unpaired) electrons. The molecule has 3 aliphatic carbocycles. The summed E-state index contributed by atoms with van der Waals surface area (Å²) < 4.78 is 29.7. The van der Waals surface area contributed by atoms with Crippen LogP contribution in [-0.2, 0) is 57.1 Å². The van der Waals surface area contributed by atoms with Crippen molar-refractivity contribution in [1.82, 2.24) is 31.5 Å². The first-order valence-electron chi connectivity index (χ1n) is 25.9. The minimum Gasteiger partial charge on any atom is -0.460 e. The van der Waals surface area contributed by atoms with Gasteiger partial charge in [0.1, 0.15) is 47.0 Å². The van der Waals surface area contributed by atoms with Crippen LogP contribution in [-0.4, -0.2) is 131 Å². The smallest absolute Gasteiger partial charge is 0.460 e. The zero-order valence-corrected chi connectivity index (χ0v) is 45.3. The SMILES string of the molecule is CC(C)[C@H](NC(=O)[C@H](CCC(=O)OC(C)(C)C)NC(=O)[C@H](CC(=O)OC(C)(C)C)NC(=O)OC(C)(C)C)C(=O)N[C@H](C(=O)N1CCC[C@H]1C(=O)N[C@H](B1OC2C3CCC(C3(C)C)[C@]2(C)O1)C1CC1)C(C)C. The summed E-state index contributed by atoms with van der Waals surface area (Å²) in [5.41, 5.74) is -3.06. The maximum absolute atomic E-state index is 14.5. The summed E-state index contributed by atoms with van der Waals surface area (Å²) in [4.78, 5) is 112. The van der Waals surface area contributed by atoms with Gasteiger partial charge in [0.25, 0.3) is 0 Å². The van der Waals surface area contributed by atoms with Gasteiger partial charge in [-0.3, -0.25) is 33.6 Å². The van der Waals surface area contributed by atoms with Gasteiger partial charge in [0.2, 0.25) is 29.5 Å². The molecule has 6 amide bonds. The summed E-state index contributed by atoms with van der Waals surface area (Å²) in [6, 6.07) is -6.18. The first-order valence-corrected chi connectivity index (χ1v) is 25.9. The number of alkyl carbamates (subject to hydrolysis) is 1. The van der Waals surface area contributed by atoms with E-state index in [1.165, 1.54) is 4.90 Å². The summed E-state index contributed by atoms with van der Waals surface area (Å²) in [5, 5.41) is 13.8. The fraction of sp³-hybridized carbons (Fsp3) is 0.843. The molecule has 71 heavy (non-hydrogen) atoms. The normalized spacial score (nSPS) is 25.9. The lowest BCUT2D eigenvalue weighted by atomic mass is 9.73. The number of carbonyl (C=O) groups excluding carboxylic acids is 8. The largest absolute Gasteiger partial charge is 0.481 e. The summed E-state index contributed by atoms with van der Waals surface area (Å²) in [5.74, 6) is -5.14. The molecule has 5 N–H and O–H groups in total. The van der Waals surface area contributed by atoms with Crippen molar-refractivity contribution >= 4 is 54.7 Å². The van der Waals surface area contributed by atoms with Gasteiger partial charge in [-0.25, -0.2) is 4.79 Å². The van der Waals surface area contributed by atoms with Crippen molar-refractivity contribution in [3.8, 4) is 0 Å². The van der Waals surface area contributed by atoms with E-state index in [4.69, 9.17) is 23.5 Å². The molecule has 5 fully saturated rings. The zero-order valence-electron chi connectivity index (χ0n) is 45.3. The summed E-state index contributed by atoms with van der Waals surface area (Å²) in [7, 11) is -0.588. The first kappa shape index (κ1) is 57.4. The maximum Gasteiger partial charge on any atom is 0.481 e. The number of ether oxygens (including phenoxy) is 3. The van der Waals surface area contributed by atoms with Crippen molar-refractivity contribution in [3.63, 3.8) is 0 Å². The highest BCUT2D eigenvalue weighted by atomic mass is 16.7. The Morgan fingerprint density at radius 2 is 1.23 bits per heavy atom. The van der Waals surface area contributed by atoms with Gasteiger partial charge < -0.3 is 55.0 Å². The van der Waals surface area contributed by atoms with Crippen molar-refractivity contribution in [2.45, 2.75) is 233 Å². The topological polar surface area (TPSA) is 246 Å². The third-order valence-corrected chi connectivity index (χ3v) is 14.4. The average Bonchev–Trinajstić information content (AvgIpc) is 3.61. The van der Waals surface area contributed by atoms with E-state index in [2.05, 4.69) is 47.4 Å². The molecule has 10 atom stereocenters. The zero-order chi connectivity index (χ0) is 53.3. The van der Waals surface area contributed by atoms with Crippen molar-refractivity contribution in [2.75, 3.05) is 6.54 Å². The Hall–Kier alpha value is -4.46. The number of fused-ring (bicyclic) bond motifs is 5. The lowest BCUT2D eigenvalue weighted by molar-refractivity contribution is -0.156. The Labute approximate surface area is 421 Å². The number of nitrogens with zero attached hydrogens (tertiary/aromatic N) is 1. The monoisotopic (exact) mass is 1000 g/mol. The van der Waals surface area contributed by atoms with E-state index < -0.39 is 120 Å². The van der Waals surface area contributed by atoms with E-state index in [9.17, 15) is 38.4 Å². The van der Waals surface area contributed by atoms with Gasteiger partial charge in [0.15, 0.2) is 0 Å². The minimum absolute atomic E-state index is 0.0445. The van der Waals surface area contributed by atoms with Crippen LogP contribution in [0.25, 0.3) is 0 Å². The van der Waals surface area contributed by atoms with Crippen LogP contribution in [0.1, 0.15) is 169 Å². The molecule has 20 heteroatoms. The Morgan fingerprint density at radius 3 is 1.77 bits per heavy atom. The standard InChI is InChI=1S/C51H85BN6O13/c1-27(2)37(55-41(61)31(22-24-35(59)67-47(5,6)7)53-42(62)32(26-36(60)68-48(8,9)10)54-46(66)69-49(11,12)13)44(64)56-38(28(3)4)45(65)58-25-17-18-33(58)43(63)57-40(29-19-20-29)52-70-39-30-21-23-34(50(30,14)15)51(39,16)71-52/h27-34,37-40H,17-26H2,1-16H3,(H,53,62)(H,54,66)(H,55,61)(H,56,64)(H,57,63)/t30?,31-,32-,33-,34?,37-,38-,39?,40-,51-/m0/s1. The van der Waals surface area contributed by atoms with E-state index in [1.807, 2.05) is 0 Å². The van der Waals surface area contributed by atoms with Crippen LogP contribution in [0, 0.1) is 35.0 Å². The highest BCUT2D eigenvalue weighted by Gasteiger charge is 2.71. The highest BCUT2D eigenvalue weighted by Crippen LogP contribution is 2.66. The molecule has 2 saturated heterocycles. The number of likely N-dealkylation sites (tertiary alicyclic amines) is 1. The molecule has 5 rings (SSSR count). The van der Waals surface area contributed by atoms with Crippen molar-refractivity contribution in [1.29, 1.82) is 0 Å². The second-order valence-corrected chi connectivity index (χ2v) is 25.0. The second-order valence-electron chi connectivity index (χ2n) is 25.0. The van der Waals surface area contributed by atoms with Gasteiger partial charge in [-0.05, 0) is 149 Å². The molecule has 5 aliphatic rings. The third-order valence-electron chi connectivity index (χ3n) is 14.4. The summed E-state index contributed by atoms with van der Waals surface area (Å²) >= 11 is 0. The van der Waals surface area contributed by atoms with E-state index in [0.29, 0.717) is 31.2 Å². The third kappa shape index (κ3) is 14.6. The first-order chi connectivity index (χ1) is 32.6. The molecule has 0 aromatic heterocycles. The van der Waals surface area contributed by atoms with Crippen molar-refractivity contribution in [3.05, 3.63) is 0 Å². The molecule has 2 aliphatic heterocycles. The molecule has 0 aromatic carbocycles. The van der Waals surface area contributed by atoms with Crippen LogP contribution in [0.3, 0.4) is 0 Å². The van der Waals surface area contributed by atoms with Gasteiger partial charge in [-0.2, -0.15) is 0 Å². The van der Waals surface area contributed by atoms with Gasteiger partial charge in [0.05, 0.1) is 24.1 Å². The van der Waals surface area contributed by atoms with E-state index in [0.717, 1.165) is 25.7 Å². The number of esters is 2.